The molecule has 2 fully saturated rings. The van der Waals surface area contributed by atoms with E-state index in [2.05, 4.69) is 46.3 Å². The zero-order valence-electron chi connectivity index (χ0n) is 31.1. The molecule has 11 heteroatoms. The average molecular weight is 747 g/mol. The predicted molar refractivity (Wildman–Crippen MR) is 206 cm³/mol. The minimum absolute atomic E-state index is 0.0167. The molecule has 0 radical (unpaired) electrons. The number of aryl methyl sites for hydroxylation is 1. The summed E-state index contributed by atoms with van der Waals surface area (Å²) in [6, 6.07) is 24.1. The van der Waals surface area contributed by atoms with Gasteiger partial charge >= 0.3 is 0 Å². The Balaban J connectivity index is 0.794. The van der Waals surface area contributed by atoms with Crippen molar-refractivity contribution in [3.05, 3.63) is 118 Å². The lowest BCUT2D eigenvalue weighted by atomic mass is 9.75. The van der Waals surface area contributed by atoms with Crippen LogP contribution in [0, 0.1) is 12.7 Å². The maximum atomic E-state index is 15.6. The van der Waals surface area contributed by atoms with Gasteiger partial charge in [0.05, 0.1) is 13.2 Å². The second kappa shape index (κ2) is 15.7. The van der Waals surface area contributed by atoms with Crippen LogP contribution in [0.4, 0.5) is 10.1 Å². The van der Waals surface area contributed by atoms with E-state index >= 15 is 4.39 Å². The quantitative estimate of drug-likeness (QED) is 0.136. The van der Waals surface area contributed by atoms with E-state index in [1.807, 2.05) is 30.3 Å². The van der Waals surface area contributed by atoms with E-state index in [4.69, 9.17) is 9.47 Å². The number of carbonyl (C=O) groups is 3. The number of hydrogen-bond acceptors (Lipinski definition) is 8. The Morgan fingerprint density at radius 2 is 1.76 bits per heavy atom. The first-order valence-corrected chi connectivity index (χ1v) is 19.4. The summed E-state index contributed by atoms with van der Waals surface area (Å²) < 4.78 is 27.6. The Kier molecular flexibility index (Phi) is 10.5. The molecule has 0 aliphatic carbocycles. The maximum absolute atomic E-state index is 15.6. The number of rotatable bonds is 11. The number of benzene rings is 4. The molecule has 4 heterocycles. The number of carbonyl (C=O) groups excluding carboxylic acids is 3. The molecule has 4 aliphatic rings. The number of nitrogens with zero attached hydrogens (tertiary/aromatic N) is 3. The first kappa shape index (κ1) is 36.6. The van der Waals surface area contributed by atoms with E-state index in [-0.39, 0.29) is 47.4 Å². The number of aromatic hydroxyl groups is 1. The van der Waals surface area contributed by atoms with Gasteiger partial charge in [0.1, 0.15) is 17.5 Å². The summed E-state index contributed by atoms with van der Waals surface area (Å²) in [7, 11) is 0. The average Bonchev–Trinajstić information content (AvgIpc) is 3.51. The number of hydrogen-bond donors (Lipinski definition) is 2. The van der Waals surface area contributed by atoms with Crippen molar-refractivity contribution in [2.75, 3.05) is 50.8 Å². The molecule has 3 atom stereocenters. The summed E-state index contributed by atoms with van der Waals surface area (Å²) in [5.41, 5.74) is 6.68. The van der Waals surface area contributed by atoms with E-state index in [0.29, 0.717) is 37.5 Å². The highest BCUT2D eigenvalue weighted by atomic mass is 19.1. The van der Waals surface area contributed by atoms with Crippen LogP contribution in [-0.2, 0) is 16.1 Å². The summed E-state index contributed by atoms with van der Waals surface area (Å²) in [6.45, 7) is 7.94. The van der Waals surface area contributed by atoms with Crippen LogP contribution in [0.5, 0.6) is 17.2 Å². The molecule has 10 nitrogen and oxygen atoms in total. The van der Waals surface area contributed by atoms with Crippen molar-refractivity contribution in [3.63, 3.8) is 0 Å². The molecule has 4 aromatic carbocycles. The van der Waals surface area contributed by atoms with Gasteiger partial charge in [-0.2, -0.15) is 0 Å². The van der Waals surface area contributed by atoms with Gasteiger partial charge in [0.15, 0.2) is 11.6 Å². The van der Waals surface area contributed by atoms with Gasteiger partial charge < -0.3 is 24.4 Å². The van der Waals surface area contributed by atoms with Crippen molar-refractivity contribution in [1.82, 2.24) is 15.1 Å². The molecule has 2 N–H and O–H groups in total. The third-order valence-electron chi connectivity index (χ3n) is 11.6. The zero-order chi connectivity index (χ0) is 38.1. The van der Waals surface area contributed by atoms with E-state index in [1.165, 1.54) is 0 Å². The van der Waals surface area contributed by atoms with Crippen LogP contribution in [0.1, 0.15) is 82.1 Å². The topological polar surface area (TPSA) is 112 Å². The van der Waals surface area contributed by atoms with Crippen LogP contribution in [0.25, 0.3) is 0 Å². The van der Waals surface area contributed by atoms with E-state index in [1.54, 1.807) is 29.2 Å². The van der Waals surface area contributed by atoms with Crippen LogP contribution in [0.3, 0.4) is 0 Å². The van der Waals surface area contributed by atoms with Crippen molar-refractivity contribution >= 4 is 23.4 Å². The molecule has 4 aromatic rings. The minimum Gasteiger partial charge on any atom is -0.508 e. The normalized spacial score (nSPS) is 21.2. The Labute approximate surface area is 320 Å². The van der Waals surface area contributed by atoms with Gasteiger partial charge in [-0.3, -0.25) is 24.6 Å². The van der Waals surface area contributed by atoms with Gasteiger partial charge in [0.25, 0.3) is 5.91 Å². The molecule has 0 aromatic heterocycles. The van der Waals surface area contributed by atoms with Gasteiger partial charge in [-0.1, -0.05) is 42.0 Å². The van der Waals surface area contributed by atoms with Crippen LogP contribution >= 0.6 is 0 Å². The molecular formula is C44H47FN4O6. The molecule has 3 amide bonds. The summed E-state index contributed by atoms with van der Waals surface area (Å²) in [5, 5.41) is 12.5. The largest absolute Gasteiger partial charge is 0.508 e. The van der Waals surface area contributed by atoms with Gasteiger partial charge in [-0.15, -0.1) is 0 Å². The summed E-state index contributed by atoms with van der Waals surface area (Å²) in [6.07, 6.45) is 3.44. The Hall–Kier alpha value is -5.42. The monoisotopic (exact) mass is 746 g/mol. The number of phenols is 1. The number of fused-ring (bicyclic) bond motifs is 2. The Bertz CT molecular complexity index is 2100. The molecule has 1 unspecified atom stereocenters. The third-order valence-corrected chi connectivity index (χ3v) is 11.6. The highest BCUT2D eigenvalue weighted by Gasteiger charge is 2.39. The van der Waals surface area contributed by atoms with Crippen molar-refractivity contribution in [3.8, 4) is 17.2 Å². The molecule has 4 aliphatic heterocycles. The Morgan fingerprint density at radius 1 is 0.909 bits per heavy atom. The number of piperidine rings is 1. The van der Waals surface area contributed by atoms with Crippen LogP contribution in [0.15, 0.2) is 78.9 Å². The summed E-state index contributed by atoms with van der Waals surface area (Å²) in [4.78, 5) is 43.5. The molecule has 0 bridgehead atoms. The van der Waals surface area contributed by atoms with Crippen molar-refractivity contribution in [1.29, 1.82) is 0 Å². The second-order valence-corrected chi connectivity index (χ2v) is 15.2. The number of amides is 3. The fraction of sp³-hybridized carbons (Fsp3) is 0.386. The van der Waals surface area contributed by atoms with Crippen LogP contribution < -0.4 is 19.7 Å². The number of ether oxygens (including phenoxy) is 2. The SMILES string of the molecule is Cc1cccc([C@@H]2COc3cc(O)ccc3[C@@H]2c2ccc(OCCCCCN3CCN(c4ccc5c(c4)CN(C4CCC(=O)NC4=O)C5=O)CC3)c(F)c2)c1. The van der Waals surface area contributed by atoms with Crippen molar-refractivity contribution < 1.29 is 33.4 Å². The number of piperazine rings is 1. The maximum Gasteiger partial charge on any atom is 0.255 e. The molecular weight excluding hydrogens is 700 g/mol. The standard InChI is InChI=1S/C44H47FN4O6/c1-28-6-5-7-29(22-28)36-27-55-40-25-33(50)10-12-35(40)42(36)30-8-14-39(37(45)24-30)54-21-4-2-3-16-47-17-19-48(20-18-47)32-9-11-34-31(23-32)26-49(44(34)53)38-13-15-41(51)46-43(38)52/h5-12,14,22-25,36,38,42,50H,2-4,13,15-21,26-27H2,1H3,(H,46,51,52)/t36-,38?,42-/m0/s1. The molecule has 286 valence electrons. The number of imide groups is 1. The van der Waals surface area contributed by atoms with E-state index in [0.717, 1.165) is 85.5 Å². The third kappa shape index (κ3) is 7.76. The minimum atomic E-state index is -0.609. The number of anilines is 1. The van der Waals surface area contributed by atoms with Gasteiger partial charge in [-0.05, 0) is 92.2 Å². The fourth-order valence-electron chi connectivity index (χ4n) is 8.61. The van der Waals surface area contributed by atoms with Crippen molar-refractivity contribution in [2.45, 2.75) is 63.5 Å². The van der Waals surface area contributed by atoms with Crippen LogP contribution in [-0.4, -0.2) is 84.6 Å². The van der Waals surface area contributed by atoms with Gasteiger partial charge in [-0.25, -0.2) is 4.39 Å². The smallest absolute Gasteiger partial charge is 0.255 e. The number of nitrogens with one attached hydrogen (secondary N) is 1. The molecule has 8 rings (SSSR count). The number of phenolic OH excluding ortho intramolecular Hbond substituents is 1. The second-order valence-electron chi connectivity index (χ2n) is 15.2. The number of halogens is 1. The fourth-order valence-corrected chi connectivity index (χ4v) is 8.61. The molecule has 55 heavy (non-hydrogen) atoms. The highest BCUT2D eigenvalue weighted by Crippen LogP contribution is 2.47. The highest BCUT2D eigenvalue weighted by molar-refractivity contribution is 6.05. The molecule has 0 spiro atoms. The van der Waals surface area contributed by atoms with Gasteiger partial charge in [0.2, 0.25) is 11.8 Å². The van der Waals surface area contributed by atoms with E-state index < -0.39 is 11.9 Å². The summed E-state index contributed by atoms with van der Waals surface area (Å²) >= 11 is 0. The molecule has 0 saturated carbocycles. The lowest BCUT2D eigenvalue weighted by molar-refractivity contribution is -0.136. The number of unbranched alkanes of at least 4 members (excludes halogenated alkanes) is 2. The first-order valence-electron chi connectivity index (χ1n) is 19.4. The van der Waals surface area contributed by atoms with Crippen LogP contribution in [0.2, 0.25) is 0 Å². The van der Waals surface area contributed by atoms with Gasteiger partial charge in [0, 0.05) is 73.9 Å². The lowest BCUT2D eigenvalue weighted by Gasteiger charge is -2.36. The van der Waals surface area contributed by atoms with E-state index in [9.17, 15) is 19.5 Å². The first-order chi connectivity index (χ1) is 26.7. The summed E-state index contributed by atoms with van der Waals surface area (Å²) in [5.74, 6) is -0.362. The van der Waals surface area contributed by atoms with Crippen molar-refractivity contribution in [2.24, 2.45) is 0 Å². The Morgan fingerprint density at radius 3 is 2.56 bits per heavy atom. The predicted octanol–water partition coefficient (Wildman–Crippen LogP) is 6.28. The zero-order valence-corrected chi connectivity index (χ0v) is 31.1. The molecule has 2 saturated heterocycles. The lowest BCUT2D eigenvalue weighted by Crippen LogP contribution is -2.52.